The van der Waals surface area contributed by atoms with Gasteiger partial charge in [-0.2, -0.15) is 0 Å². The van der Waals surface area contributed by atoms with Crippen LogP contribution in [-0.4, -0.2) is 19.1 Å². The minimum absolute atomic E-state index is 0.159. The molecule has 5 heteroatoms. The number of hydrogen-bond acceptors (Lipinski definition) is 3. The number of carbonyl (C=O) groups excluding carboxylic acids is 1. The first-order chi connectivity index (χ1) is 7.96. The van der Waals surface area contributed by atoms with Gasteiger partial charge in [0.25, 0.3) is 0 Å². The van der Waals surface area contributed by atoms with E-state index in [2.05, 4.69) is 11.3 Å². The molecule has 2 atom stereocenters. The SMILES string of the molecule is C=C[C@@H]1C[C@@H]1C(=O)NS(=O)(=O)C1(CCC)CC1. The van der Waals surface area contributed by atoms with Crippen molar-refractivity contribution in [2.75, 3.05) is 0 Å². The molecule has 0 aliphatic heterocycles. The third-order valence-electron chi connectivity index (χ3n) is 3.80. The predicted octanol–water partition coefficient (Wildman–Crippen LogP) is 1.59. The standard InChI is InChI=1S/C12H19NO3S/c1-3-5-12(6-7-12)17(15,16)13-11(14)10-8-9(10)4-2/h4,9-10H,2-3,5-8H2,1H3,(H,13,14)/t9-,10+/m1/s1. The average molecular weight is 257 g/mol. The molecular formula is C12H19NO3S. The molecule has 1 amide bonds. The minimum Gasteiger partial charge on any atom is -0.274 e. The summed E-state index contributed by atoms with van der Waals surface area (Å²) in [5.74, 6) is -0.372. The van der Waals surface area contributed by atoms with Crippen molar-refractivity contribution in [3.8, 4) is 0 Å². The first kappa shape index (κ1) is 12.6. The number of hydrogen-bond donors (Lipinski definition) is 1. The number of sulfonamides is 1. The lowest BCUT2D eigenvalue weighted by atomic mass is 10.2. The third kappa shape index (κ3) is 2.25. The van der Waals surface area contributed by atoms with E-state index in [0.29, 0.717) is 19.3 Å². The maximum Gasteiger partial charge on any atom is 0.240 e. The van der Waals surface area contributed by atoms with Crippen molar-refractivity contribution in [2.24, 2.45) is 11.8 Å². The summed E-state index contributed by atoms with van der Waals surface area (Å²) in [5, 5.41) is 0. The summed E-state index contributed by atoms with van der Waals surface area (Å²) in [6, 6.07) is 0. The molecule has 0 saturated heterocycles. The molecule has 2 fully saturated rings. The molecule has 1 N–H and O–H groups in total. The van der Waals surface area contributed by atoms with Crippen LogP contribution in [0.25, 0.3) is 0 Å². The summed E-state index contributed by atoms with van der Waals surface area (Å²) < 4.78 is 25.8. The first-order valence-corrected chi connectivity index (χ1v) is 7.63. The topological polar surface area (TPSA) is 63.2 Å². The third-order valence-corrected chi connectivity index (χ3v) is 6.02. The highest BCUT2D eigenvalue weighted by Crippen LogP contribution is 2.47. The molecular weight excluding hydrogens is 238 g/mol. The van der Waals surface area contributed by atoms with Gasteiger partial charge in [-0.05, 0) is 31.6 Å². The Labute approximate surface area is 103 Å². The van der Waals surface area contributed by atoms with Gasteiger partial charge >= 0.3 is 0 Å². The van der Waals surface area contributed by atoms with Crippen LogP contribution in [0.5, 0.6) is 0 Å². The van der Waals surface area contributed by atoms with Gasteiger partial charge in [-0.25, -0.2) is 8.42 Å². The van der Waals surface area contributed by atoms with Crippen molar-refractivity contribution < 1.29 is 13.2 Å². The molecule has 2 saturated carbocycles. The van der Waals surface area contributed by atoms with Crippen molar-refractivity contribution in [3.63, 3.8) is 0 Å². The summed E-state index contributed by atoms with van der Waals surface area (Å²) in [4.78, 5) is 11.7. The summed E-state index contributed by atoms with van der Waals surface area (Å²) in [6.45, 7) is 5.58. The lowest BCUT2D eigenvalue weighted by Gasteiger charge is -2.15. The van der Waals surface area contributed by atoms with E-state index >= 15 is 0 Å². The lowest BCUT2D eigenvalue weighted by molar-refractivity contribution is -0.120. The number of carbonyl (C=O) groups is 1. The molecule has 0 unspecified atom stereocenters. The maximum absolute atomic E-state index is 12.1. The van der Waals surface area contributed by atoms with Crippen LogP contribution in [0.15, 0.2) is 12.7 Å². The van der Waals surface area contributed by atoms with Gasteiger partial charge in [0.1, 0.15) is 0 Å². The van der Waals surface area contributed by atoms with E-state index in [1.54, 1.807) is 6.08 Å². The summed E-state index contributed by atoms with van der Waals surface area (Å²) in [7, 11) is -3.48. The Kier molecular flexibility index (Phi) is 3.06. The average Bonchev–Trinajstić information content (AvgIpc) is 3.12. The molecule has 0 bridgehead atoms. The van der Waals surface area contributed by atoms with Crippen molar-refractivity contribution in [3.05, 3.63) is 12.7 Å². The highest BCUT2D eigenvalue weighted by Gasteiger charge is 2.55. The largest absolute Gasteiger partial charge is 0.274 e. The second-order valence-corrected chi connectivity index (χ2v) is 7.22. The van der Waals surface area contributed by atoms with Gasteiger partial charge in [0.05, 0.1) is 4.75 Å². The van der Waals surface area contributed by atoms with Crippen LogP contribution in [0.2, 0.25) is 0 Å². The molecule has 0 radical (unpaired) electrons. The van der Waals surface area contributed by atoms with Gasteiger partial charge < -0.3 is 0 Å². The van der Waals surface area contributed by atoms with E-state index < -0.39 is 14.8 Å². The van der Waals surface area contributed by atoms with Gasteiger partial charge in [0, 0.05) is 5.92 Å². The Morgan fingerprint density at radius 3 is 2.59 bits per heavy atom. The van der Waals surface area contributed by atoms with E-state index in [4.69, 9.17) is 0 Å². The fraction of sp³-hybridized carbons (Fsp3) is 0.750. The molecule has 0 spiro atoms. The first-order valence-electron chi connectivity index (χ1n) is 6.14. The van der Waals surface area contributed by atoms with Crippen LogP contribution in [0.1, 0.15) is 39.0 Å². The summed E-state index contributed by atoms with van der Waals surface area (Å²) in [5.41, 5.74) is 0. The molecule has 2 aliphatic carbocycles. The Hall–Kier alpha value is -0.840. The molecule has 4 nitrogen and oxygen atoms in total. The van der Waals surface area contributed by atoms with Gasteiger partial charge in [-0.3, -0.25) is 9.52 Å². The minimum atomic E-state index is -3.48. The number of allylic oxidation sites excluding steroid dienone is 1. The maximum atomic E-state index is 12.1. The van der Waals surface area contributed by atoms with Crippen LogP contribution in [-0.2, 0) is 14.8 Å². The van der Waals surface area contributed by atoms with Crippen LogP contribution in [0, 0.1) is 11.8 Å². The number of nitrogens with one attached hydrogen (secondary N) is 1. The van der Waals surface area contributed by atoms with Crippen molar-refractivity contribution in [1.82, 2.24) is 4.72 Å². The Bertz CT molecular complexity index is 437. The molecule has 2 aliphatic rings. The van der Waals surface area contributed by atoms with Gasteiger partial charge in [-0.1, -0.05) is 19.4 Å². The Balaban J connectivity index is 1.99. The van der Waals surface area contributed by atoms with Gasteiger partial charge in [0.15, 0.2) is 0 Å². The second-order valence-electron chi connectivity index (χ2n) is 5.14. The quantitative estimate of drug-likeness (QED) is 0.735. The molecule has 96 valence electrons. The van der Waals surface area contributed by atoms with E-state index in [0.717, 1.165) is 12.8 Å². The van der Waals surface area contributed by atoms with Crippen LogP contribution >= 0.6 is 0 Å². The van der Waals surface area contributed by atoms with Crippen molar-refractivity contribution in [1.29, 1.82) is 0 Å². The van der Waals surface area contributed by atoms with E-state index in [1.807, 2.05) is 6.92 Å². The van der Waals surface area contributed by atoms with Gasteiger partial charge in [0.2, 0.25) is 15.9 Å². The van der Waals surface area contributed by atoms with Crippen LogP contribution in [0.4, 0.5) is 0 Å². The highest BCUT2D eigenvalue weighted by atomic mass is 32.2. The van der Waals surface area contributed by atoms with E-state index in [-0.39, 0.29) is 17.7 Å². The Morgan fingerprint density at radius 1 is 1.53 bits per heavy atom. The number of amides is 1. The second kappa shape index (κ2) is 4.12. The van der Waals surface area contributed by atoms with E-state index in [9.17, 15) is 13.2 Å². The molecule has 2 rings (SSSR count). The normalized spacial score (nSPS) is 29.5. The monoisotopic (exact) mass is 257 g/mol. The molecule has 17 heavy (non-hydrogen) atoms. The fourth-order valence-corrected chi connectivity index (χ4v) is 4.09. The molecule has 0 aromatic carbocycles. The lowest BCUT2D eigenvalue weighted by Crippen LogP contribution is -2.40. The Morgan fingerprint density at radius 2 is 2.18 bits per heavy atom. The van der Waals surface area contributed by atoms with E-state index in [1.165, 1.54) is 0 Å². The van der Waals surface area contributed by atoms with Gasteiger partial charge in [-0.15, -0.1) is 6.58 Å². The summed E-state index contributed by atoms with van der Waals surface area (Å²) in [6.07, 6.45) is 5.28. The zero-order valence-electron chi connectivity index (χ0n) is 10.1. The van der Waals surface area contributed by atoms with Crippen LogP contribution in [0.3, 0.4) is 0 Å². The fourth-order valence-electron chi connectivity index (χ4n) is 2.34. The summed E-state index contributed by atoms with van der Waals surface area (Å²) >= 11 is 0. The van der Waals surface area contributed by atoms with Crippen molar-refractivity contribution >= 4 is 15.9 Å². The molecule has 0 aromatic rings. The predicted molar refractivity (Wildman–Crippen MR) is 65.7 cm³/mol. The zero-order valence-corrected chi connectivity index (χ0v) is 10.9. The van der Waals surface area contributed by atoms with Crippen LogP contribution < -0.4 is 4.72 Å². The number of rotatable bonds is 6. The molecule has 0 aromatic heterocycles. The zero-order chi connectivity index (χ0) is 12.7. The smallest absolute Gasteiger partial charge is 0.240 e. The van der Waals surface area contributed by atoms with Crippen molar-refractivity contribution in [2.45, 2.75) is 43.8 Å². The molecule has 0 heterocycles. The highest BCUT2D eigenvalue weighted by molar-refractivity contribution is 7.91.